The molecule has 2 amide bonds. The fourth-order valence-electron chi connectivity index (χ4n) is 4.19. The highest BCUT2D eigenvalue weighted by atomic mass is 16.5. The molecule has 0 saturated carbocycles. The van der Waals surface area contributed by atoms with E-state index >= 15 is 0 Å². The van der Waals surface area contributed by atoms with Crippen LogP contribution in [0.2, 0.25) is 0 Å². The summed E-state index contributed by atoms with van der Waals surface area (Å²) < 4.78 is 10.5. The third kappa shape index (κ3) is 7.01. The molecule has 0 N–H and O–H groups in total. The van der Waals surface area contributed by atoms with Gasteiger partial charge in [-0.25, -0.2) is 0 Å². The summed E-state index contributed by atoms with van der Waals surface area (Å²) in [6.45, 7) is 1.60. The zero-order valence-electron chi connectivity index (χ0n) is 21.7. The van der Waals surface area contributed by atoms with Gasteiger partial charge in [-0.05, 0) is 59.7 Å². The molecule has 4 rings (SSSR count). The van der Waals surface area contributed by atoms with Gasteiger partial charge >= 0.3 is 0 Å². The van der Waals surface area contributed by atoms with Crippen molar-refractivity contribution in [2.75, 3.05) is 27.3 Å². The second kappa shape index (κ2) is 13.1. The Labute approximate surface area is 224 Å². The molecule has 0 radical (unpaired) electrons. The van der Waals surface area contributed by atoms with Crippen molar-refractivity contribution in [1.29, 1.82) is 0 Å². The first-order valence-corrected chi connectivity index (χ1v) is 12.5. The molecule has 0 aliphatic heterocycles. The van der Waals surface area contributed by atoms with Gasteiger partial charge in [0.2, 0.25) is 0 Å². The lowest BCUT2D eigenvalue weighted by Crippen LogP contribution is -2.40. The van der Waals surface area contributed by atoms with Gasteiger partial charge in [0.05, 0.1) is 14.2 Å². The van der Waals surface area contributed by atoms with Crippen LogP contribution >= 0.6 is 0 Å². The SMILES string of the molecule is COc1ccc(C(=O)N(CCN(Cc2ccccc2)C(=O)c2ccc(OC)cc2)Cc2ccccc2)cc1. The predicted octanol–water partition coefficient (Wildman–Crippen LogP) is 5.69. The predicted molar refractivity (Wildman–Crippen MR) is 148 cm³/mol. The van der Waals surface area contributed by atoms with Crippen molar-refractivity contribution in [3.05, 3.63) is 131 Å². The van der Waals surface area contributed by atoms with Gasteiger partial charge < -0.3 is 19.3 Å². The molecule has 4 aromatic carbocycles. The van der Waals surface area contributed by atoms with Crippen molar-refractivity contribution >= 4 is 11.8 Å². The van der Waals surface area contributed by atoms with Crippen LogP contribution in [0.3, 0.4) is 0 Å². The zero-order valence-corrected chi connectivity index (χ0v) is 21.7. The van der Waals surface area contributed by atoms with Gasteiger partial charge in [0.1, 0.15) is 11.5 Å². The summed E-state index contributed by atoms with van der Waals surface area (Å²) in [5.74, 6) is 1.17. The van der Waals surface area contributed by atoms with E-state index in [4.69, 9.17) is 9.47 Å². The minimum Gasteiger partial charge on any atom is -0.497 e. The molecule has 6 nitrogen and oxygen atoms in total. The molecular weight excluding hydrogens is 476 g/mol. The zero-order chi connectivity index (χ0) is 26.7. The normalized spacial score (nSPS) is 10.5. The molecule has 0 aliphatic rings. The van der Waals surface area contributed by atoms with Gasteiger partial charge in [-0.3, -0.25) is 9.59 Å². The van der Waals surface area contributed by atoms with Gasteiger partial charge in [0.15, 0.2) is 0 Å². The number of carbonyl (C=O) groups is 2. The van der Waals surface area contributed by atoms with Crippen LogP contribution in [0.25, 0.3) is 0 Å². The Hall–Kier alpha value is -4.58. The molecule has 0 aromatic heterocycles. The number of rotatable bonds is 11. The molecule has 6 heteroatoms. The van der Waals surface area contributed by atoms with E-state index in [9.17, 15) is 9.59 Å². The van der Waals surface area contributed by atoms with Crippen LogP contribution in [0, 0.1) is 0 Å². The molecule has 0 saturated heterocycles. The molecular formula is C32H32N2O4. The molecule has 0 atom stereocenters. The standard InChI is InChI=1S/C32H32N2O4/c1-37-29-17-13-27(14-18-29)31(35)33(23-25-9-5-3-6-10-25)21-22-34(24-26-11-7-4-8-12-26)32(36)28-15-19-30(38-2)20-16-28/h3-20H,21-24H2,1-2H3. The number of amides is 2. The Morgan fingerprint density at radius 2 is 0.868 bits per heavy atom. The fourth-order valence-corrected chi connectivity index (χ4v) is 4.19. The topological polar surface area (TPSA) is 59.1 Å². The van der Waals surface area contributed by atoms with E-state index in [0.717, 1.165) is 11.1 Å². The molecule has 38 heavy (non-hydrogen) atoms. The lowest BCUT2D eigenvalue weighted by atomic mass is 10.1. The van der Waals surface area contributed by atoms with E-state index in [1.54, 1.807) is 72.6 Å². The summed E-state index contributed by atoms with van der Waals surface area (Å²) in [7, 11) is 3.19. The van der Waals surface area contributed by atoms with Crippen molar-refractivity contribution in [2.45, 2.75) is 13.1 Å². The molecule has 0 spiro atoms. The summed E-state index contributed by atoms with van der Waals surface area (Å²) in [5.41, 5.74) is 3.17. The summed E-state index contributed by atoms with van der Waals surface area (Å²) >= 11 is 0. The Kier molecular flexibility index (Phi) is 9.13. The second-order valence-corrected chi connectivity index (χ2v) is 8.88. The number of benzene rings is 4. The highest BCUT2D eigenvalue weighted by Crippen LogP contribution is 2.18. The van der Waals surface area contributed by atoms with Crippen molar-refractivity contribution in [3.63, 3.8) is 0 Å². The van der Waals surface area contributed by atoms with Crippen molar-refractivity contribution in [2.24, 2.45) is 0 Å². The van der Waals surface area contributed by atoms with E-state index in [0.29, 0.717) is 48.8 Å². The maximum Gasteiger partial charge on any atom is 0.254 e. The van der Waals surface area contributed by atoms with Crippen LogP contribution in [-0.2, 0) is 13.1 Å². The largest absolute Gasteiger partial charge is 0.497 e. The number of hydrogen-bond acceptors (Lipinski definition) is 4. The van der Waals surface area contributed by atoms with E-state index in [-0.39, 0.29) is 11.8 Å². The van der Waals surface area contributed by atoms with Gasteiger partial charge in [-0.2, -0.15) is 0 Å². The molecule has 0 fully saturated rings. The minimum absolute atomic E-state index is 0.104. The minimum atomic E-state index is -0.104. The lowest BCUT2D eigenvalue weighted by Gasteiger charge is -2.29. The van der Waals surface area contributed by atoms with Gasteiger partial charge in [-0.1, -0.05) is 60.7 Å². The third-order valence-electron chi connectivity index (χ3n) is 6.32. The summed E-state index contributed by atoms with van der Waals surface area (Å²) in [4.78, 5) is 30.8. The van der Waals surface area contributed by atoms with E-state index in [1.807, 2.05) is 60.7 Å². The number of nitrogens with zero attached hydrogens (tertiary/aromatic N) is 2. The fraction of sp³-hybridized carbons (Fsp3) is 0.188. The van der Waals surface area contributed by atoms with Crippen LogP contribution in [0.1, 0.15) is 31.8 Å². The Morgan fingerprint density at radius 1 is 0.526 bits per heavy atom. The highest BCUT2D eigenvalue weighted by Gasteiger charge is 2.21. The van der Waals surface area contributed by atoms with Crippen LogP contribution in [0.15, 0.2) is 109 Å². The van der Waals surface area contributed by atoms with Crippen molar-refractivity contribution in [1.82, 2.24) is 9.80 Å². The average molecular weight is 509 g/mol. The van der Waals surface area contributed by atoms with Crippen LogP contribution in [0.5, 0.6) is 11.5 Å². The first-order chi connectivity index (χ1) is 18.6. The molecule has 0 bridgehead atoms. The van der Waals surface area contributed by atoms with Crippen LogP contribution in [-0.4, -0.2) is 48.9 Å². The maximum atomic E-state index is 13.6. The van der Waals surface area contributed by atoms with Gasteiger partial charge in [0.25, 0.3) is 11.8 Å². The van der Waals surface area contributed by atoms with E-state index in [1.165, 1.54) is 0 Å². The molecule has 0 heterocycles. The number of carbonyl (C=O) groups excluding carboxylic acids is 2. The maximum absolute atomic E-state index is 13.6. The number of hydrogen-bond donors (Lipinski definition) is 0. The third-order valence-corrected chi connectivity index (χ3v) is 6.32. The lowest BCUT2D eigenvalue weighted by molar-refractivity contribution is 0.0644. The first-order valence-electron chi connectivity index (χ1n) is 12.5. The van der Waals surface area contributed by atoms with Crippen molar-refractivity contribution < 1.29 is 19.1 Å². The average Bonchev–Trinajstić information content (AvgIpc) is 2.99. The van der Waals surface area contributed by atoms with E-state index in [2.05, 4.69) is 0 Å². The smallest absolute Gasteiger partial charge is 0.254 e. The van der Waals surface area contributed by atoms with Gasteiger partial charge in [-0.15, -0.1) is 0 Å². The molecule has 0 unspecified atom stereocenters. The van der Waals surface area contributed by atoms with E-state index < -0.39 is 0 Å². The number of ether oxygens (including phenoxy) is 2. The molecule has 0 aliphatic carbocycles. The number of methoxy groups -OCH3 is 2. The van der Waals surface area contributed by atoms with Crippen LogP contribution in [0.4, 0.5) is 0 Å². The Bertz CT molecular complexity index is 1200. The second-order valence-electron chi connectivity index (χ2n) is 8.88. The highest BCUT2D eigenvalue weighted by molar-refractivity contribution is 5.95. The van der Waals surface area contributed by atoms with Crippen LogP contribution < -0.4 is 9.47 Å². The summed E-state index contributed by atoms with van der Waals surface area (Å²) in [6, 6.07) is 33.9. The Balaban J connectivity index is 1.58. The van der Waals surface area contributed by atoms with Crippen molar-refractivity contribution in [3.8, 4) is 11.5 Å². The van der Waals surface area contributed by atoms with Gasteiger partial charge in [0, 0.05) is 37.3 Å². The summed E-state index contributed by atoms with van der Waals surface area (Å²) in [5, 5.41) is 0. The summed E-state index contributed by atoms with van der Waals surface area (Å²) in [6.07, 6.45) is 0. The first kappa shape index (κ1) is 26.5. The Morgan fingerprint density at radius 3 is 1.18 bits per heavy atom. The molecule has 194 valence electrons. The molecule has 4 aromatic rings. The quantitative estimate of drug-likeness (QED) is 0.261. The monoisotopic (exact) mass is 508 g/mol.